The van der Waals surface area contributed by atoms with Gasteiger partial charge in [-0.15, -0.1) is 0 Å². The summed E-state index contributed by atoms with van der Waals surface area (Å²) in [6, 6.07) is 10.3. The average molecular weight is 395 g/mol. The minimum absolute atomic E-state index is 0.349. The number of hydrogen-bond acceptors (Lipinski definition) is 8. The van der Waals surface area contributed by atoms with Crippen molar-refractivity contribution < 1.29 is 9.47 Å². The number of morpholine rings is 1. The first-order valence-electron chi connectivity index (χ1n) is 9.75. The van der Waals surface area contributed by atoms with E-state index in [2.05, 4.69) is 35.4 Å². The zero-order valence-corrected chi connectivity index (χ0v) is 16.5. The van der Waals surface area contributed by atoms with Gasteiger partial charge >= 0.3 is 6.01 Å². The van der Waals surface area contributed by atoms with Crippen molar-refractivity contribution >= 4 is 22.4 Å². The van der Waals surface area contributed by atoms with E-state index in [4.69, 9.17) is 9.47 Å². The summed E-state index contributed by atoms with van der Waals surface area (Å²) in [7, 11) is 1.88. The Bertz CT molecular complexity index is 966. The minimum atomic E-state index is 0.349. The van der Waals surface area contributed by atoms with Gasteiger partial charge in [-0.05, 0) is 13.1 Å². The highest BCUT2D eigenvalue weighted by Crippen LogP contribution is 2.26. The van der Waals surface area contributed by atoms with E-state index < -0.39 is 0 Å². The van der Waals surface area contributed by atoms with Gasteiger partial charge in [0.1, 0.15) is 24.7 Å². The summed E-state index contributed by atoms with van der Waals surface area (Å²) in [5.41, 5.74) is 2.62. The molecule has 0 aliphatic carbocycles. The number of nitrogens with zero attached hydrogens (tertiary/aromatic N) is 5. The second-order valence-corrected chi connectivity index (χ2v) is 6.67. The van der Waals surface area contributed by atoms with Crippen molar-refractivity contribution in [1.82, 2.24) is 20.3 Å². The van der Waals surface area contributed by atoms with Crippen LogP contribution in [0.25, 0.3) is 10.9 Å². The third-order valence-corrected chi connectivity index (χ3v) is 4.64. The summed E-state index contributed by atoms with van der Waals surface area (Å²) in [6.45, 7) is 4.54. The van der Waals surface area contributed by atoms with Crippen LogP contribution in [0.2, 0.25) is 0 Å². The number of para-hydroxylation sites is 1. The van der Waals surface area contributed by atoms with Crippen LogP contribution in [0.4, 0.5) is 11.5 Å². The quantitative estimate of drug-likeness (QED) is 0.449. The van der Waals surface area contributed by atoms with Gasteiger partial charge in [0.25, 0.3) is 0 Å². The molecule has 2 N–H and O–H groups in total. The lowest BCUT2D eigenvalue weighted by atomic mass is 10.2. The van der Waals surface area contributed by atoms with E-state index in [1.54, 1.807) is 0 Å². The van der Waals surface area contributed by atoms with Gasteiger partial charge in [-0.1, -0.05) is 18.2 Å². The maximum absolute atomic E-state index is 5.71. The number of azo groups is 1. The van der Waals surface area contributed by atoms with Crippen LogP contribution in [0.1, 0.15) is 5.69 Å². The summed E-state index contributed by atoms with van der Waals surface area (Å²) >= 11 is 0. The summed E-state index contributed by atoms with van der Waals surface area (Å²) < 4.78 is 11.1. The van der Waals surface area contributed by atoms with E-state index in [1.807, 2.05) is 43.6 Å². The topological polar surface area (TPSA) is 100 Å². The van der Waals surface area contributed by atoms with Gasteiger partial charge in [0, 0.05) is 42.8 Å². The first-order valence-corrected chi connectivity index (χ1v) is 9.75. The third kappa shape index (κ3) is 4.87. The number of benzene rings is 1. The summed E-state index contributed by atoms with van der Waals surface area (Å²) in [5.74, 6) is 0.833. The molecule has 0 spiro atoms. The molecule has 9 nitrogen and oxygen atoms in total. The van der Waals surface area contributed by atoms with E-state index in [9.17, 15) is 0 Å². The molecule has 1 aromatic carbocycles. The number of fused-ring (bicyclic) bond motifs is 1. The van der Waals surface area contributed by atoms with Gasteiger partial charge in [-0.25, -0.2) is 0 Å². The monoisotopic (exact) mass is 395 g/mol. The maximum atomic E-state index is 5.71. The highest BCUT2D eigenvalue weighted by atomic mass is 16.5. The average Bonchev–Trinajstić information content (AvgIpc) is 3.18. The first kappa shape index (κ1) is 19.3. The van der Waals surface area contributed by atoms with Crippen molar-refractivity contribution in [2.24, 2.45) is 10.2 Å². The van der Waals surface area contributed by atoms with E-state index in [-0.39, 0.29) is 0 Å². The zero-order chi connectivity index (χ0) is 19.9. The normalized spacial score (nSPS) is 14.7. The number of aromatic nitrogens is 3. The van der Waals surface area contributed by atoms with Gasteiger partial charge in [-0.2, -0.15) is 20.2 Å². The van der Waals surface area contributed by atoms with Gasteiger partial charge in [0.05, 0.1) is 18.9 Å². The highest BCUT2D eigenvalue weighted by Gasteiger charge is 2.15. The zero-order valence-electron chi connectivity index (χ0n) is 16.5. The van der Waals surface area contributed by atoms with Crippen molar-refractivity contribution in [3.63, 3.8) is 0 Å². The fourth-order valence-electron chi connectivity index (χ4n) is 3.13. The highest BCUT2D eigenvalue weighted by molar-refractivity contribution is 5.90. The Morgan fingerprint density at radius 1 is 1.24 bits per heavy atom. The molecule has 152 valence electrons. The molecule has 9 heteroatoms. The van der Waals surface area contributed by atoms with Crippen LogP contribution in [0.3, 0.4) is 0 Å². The molecule has 0 bridgehead atoms. The first-order chi connectivity index (χ1) is 14.3. The van der Waals surface area contributed by atoms with Crippen molar-refractivity contribution in [2.75, 3.05) is 51.4 Å². The van der Waals surface area contributed by atoms with Crippen LogP contribution in [0.15, 0.2) is 46.8 Å². The standard InChI is InChI=1S/C20H25N7O2/c1-21-6-9-29-20-24-15(12-19(25-20)27-7-10-28-11-8-27)13-23-26-18-14-22-17-5-3-2-4-16(17)18/h2-5,12,14,21-22H,6-11,13H2,1H3. The van der Waals surface area contributed by atoms with Crippen LogP contribution in [-0.2, 0) is 11.3 Å². The molecular formula is C20H25N7O2. The largest absolute Gasteiger partial charge is 0.462 e. The smallest absolute Gasteiger partial charge is 0.318 e. The van der Waals surface area contributed by atoms with Crippen molar-refractivity contribution in [3.05, 3.63) is 42.2 Å². The Labute approximate surface area is 169 Å². The number of ether oxygens (including phenoxy) is 2. The van der Waals surface area contributed by atoms with E-state index in [0.717, 1.165) is 47.7 Å². The molecule has 0 unspecified atom stereocenters. The summed E-state index contributed by atoms with van der Waals surface area (Å²) in [6.07, 6.45) is 1.86. The van der Waals surface area contributed by atoms with E-state index in [0.29, 0.717) is 32.4 Å². The Balaban J connectivity index is 1.52. The van der Waals surface area contributed by atoms with Crippen molar-refractivity contribution in [3.8, 4) is 6.01 Å². The molecular weight excluding hydrogens is 370 g/mol. The molecule has 1 aliphatic heterocycles. The summed E-state index contributed by atoms with van der Waals surface area (Å²) in [5, 5.41) is 12.8. The molecule has 1 saturated heterocycles. The maximum Gasteiger partial charge on any atom is 0.318 e. The fraction of sp³-hybridized carbons (Fsp3) is 0.400. The molecule has 1 fully saturated rings. The van der Waals surface area contributed by atoms with Gasteiger partial charge < -0.3 is 24.7 Å². The number of aromatic amines is 1. The predicted molar refractivity (Wildman–Crippen MR) is 111 cm³/mol. The van der Waals surface area contributed by atoms with Gasteiger partial charge in [0.15, 0.2) is 0 Å². The van der Waals surface area contributed by atoms with E-state index in [1.165, 1.54) is 0 Å². The number of nitrogens with one attached hydrogen (secondary N) is 2. The minimum Gasteiger partial charge on any atom is -0.462 e. The number of anilines is 1. The lowest BCUT2D eigenvalue weighted by Gasteiger charge is -2.28. The fourth-order valence-corrected chi connectivity index (χ4v) is 3.13. The number of H-pyrrole nitrogens is 1. The molecule has 2 aromatic heterocycles. The molecule has 0 amide bonds. The summed E-state index contributed by atoms with van der Waals surface area (Å²) in [4.78, 5) is 14.4. The lowest BCUT2D eigenvalue weighted by molar-refractivity contribution is 0.122. The molecule has 1 aliphatic rings. The van der Waals surface area contributed by atoms with Crippen LogP contribution in [-0.4, -0.2) is 61.5 Å². The Hall–Kier alpha value is -3.04. The third-order valence-electron chi connectivity index (χ3n) is 4.64. The van der Waals surface area contributed by atoms with Crippen LogP contribution >= 0.6 is 0 Å². The molecule has 29 heavy (non-hydrogen) atoms. The molecule has 3 heterocycles. The molecule has 0 radical (unpaired) electrons. The van der Waals surface area contributed by atoms with Crippen LogP contribution in [0, 0.1) is 0 Å². The Morgan fingerprint density at radius 2 is 2.10 bits per heavy atom. The van der Waals surface area contributed by atoms with Gasteiger partial charge in [-0.3, -0.25) is 0 Å². The molecule has 0 atom stereocenters. The second kappa shape index (κ2) is 9.44. The predicted octanol–water partition coefficient (Wildman–Crippen LogP) is 2.68. The van der Waals surface area contributed by atoms with Crippen molar-refractivity contribution in [1.29, 1.82) is 0 Å². The Morgan fingerprint density at radius 3 is 2.97 bits per heavy atom. The lowest BCUT2D eigenvalue weighted by Crippen LogP contribution is -2.37. The molecule has 4 rings (SSSR count). The Kier molecular flexibility index (Phi) is 6.28. The number of likely N-dealkylation sites (N-methyl/N-ethyl adjacent to an activating group) is 1. The second-order valence-electron chi connectivity index (χ2n) is 6.67. The van der Waals surface area contributed by atoms with Crippen molar-refractivity contribution in [2.45, 2.75) is 6.54 Å². The molecule has 0 saturated carbocycles. The van der Waals surface area contributed by atoms with Crippen LogP contribution < -0.4 is 15.0 Å². The number of hydrogen-bond donors (Lipinski definition) is 2. The molecule has 3 aromatic rings. The van der Waals surface area contributed by atoms with Crippen LogP contribution in [0.5, 0.6) is 6.01 Å². The number of rotatable bonds is 8. The SMILES string of the molecule is CNCCOc1nc(CN=Nc2c[nH]c3ccccc23)cc(N2CCOCC2)n1. The van der Waals surface area contributed by atoms with E-state index >= 15 is 0 Å². The van der Waals surface area contributed by atoms with Gasteiger partial charge in [0.2, 0.25) is 0 Å².